The molecule has 0 fully saturated rings. The maximum Gasteiger partial charge on any atom is 0.125 e. The van der Waals surface area contributed by atoms with Crippen LogP contribution in [0.1, 0.15) is 30.6 Å². The summed E-state index contributed by atoms with van der Waals surface area (Å²) >= 11 is 0. The van der Waals surface area contributed by atoms with Crippen molar-refractivity contribution in [3.8, 4) is 5.75 Å². The van der Waals surface area contributed by atoms with E-state index in [2.05, 4.69) is 68.4 Å². The molecule has 0 radical (unpaired) electrons. The van der Waals surface area contributed by atoms with Gasteiger partial charge in [-0.25, -0.2) is 0 Å². The molecule has 0 amide bonds. The largest absolute Gasteiger partial charge is 0.485 e. The predicted octanol–water partition coefficient (Wildman–Crippen LogP) is 4.32. The molecule has 0 aliphatic rings. The third kappa shape index (κ3) is 4.61. The van der Waals surface area contributed by atoms with Crippen LogP contribution in [0.2, 0.25) is 0 Å². The fourth-order valence-corrected chi connectivity index (χ4v) is 2.40. The van der Waals surface area contributed by atoms with Gasteiger partial charge in [0.1, 0.15) is 11.9 Å². The van der Waals surface area contributed by atoms with E-state index < -0.39 is 0 Å². The molecule has 1 unspecified atom stereocenters. The monoisotopic (exact) mass is 283 g/mol. The number of hydrogen-bond donors (Lipinski definition) is 0. The Kier molecular flexibility index (Phi) is 5.82. The first-order valence-electron chi connectivity index (χ1n) is 7.65. The van der Waals surface area contributed by atoms with Gasteiger partial charge in [-0.3, -0.25) is 0 Å². The molecule has 1 atom stereocenters. The average molecular weight is 283 g/mol. The van der Waals surface area contributed by atoms with E-state index in [0.717, 1.165) is 25.1 Å². The molecule has 0 spiro atoms. The van der Waals surface area contributed by atoms with Crippen LogP contribution in [0.15, 0.2) is 54.6 Å². The molecule has 0 saturated heterocycles. The van der Waals surface area contributed by atoms with Gasteiger partial charge < -0.3 is 9.64 Å². The van der Waals surface area contributed by atoms with Crippen LogP contribution in [0.5, 0.6) is 5.75 Å². The Bertz CT molecular complexity index is 536. The van der Waals surface area contributed by atoms with E-state index in [1.165, 1.54) is 11.1 Å². The Balaban J connectivity index is 2.19. The predicted molar refractivity (Wildman–Crippen MR) is 88.8 cm³/mol. The van der Waals surface area contributed by atoms with Crippen LogP contribution >= 0.6 is 0 Å². The van der Waals surface area contributed by atoms with E-state index in [4.69, 9.17) is 4.74 Å². The van der Waals surface area contributed by atoms with Crippen LogP contribution in [0, 0.1) is 0 Å². The Morgan fingerprint density at radius 3 is 2.29 bits per heavy atom. The van der Waals surface area contributed by atoms with Gasteiger partial charge in [-0.2, -0.15) is 0 Å². The number of rotatable bonds is 7. The second-order valence-electron chi connectivity index (χ2n) is 5.57. The zero-order valence-electron chi connectivity index (χ0n) is 13.3. The summed E-state index contributed by atoms with van der Waals surface area (Å²) < 4.78 is 6.35. The van der Waals surface area contributed by atoms with E-state index in [-0.39, 0.29) is 6.10 Å². The van der Waals surface area contributed by atoms with E-state index >= 15 is 0 Å². The van der Waals surface area contributed by atoms with Crippen LogP contribution < -0.4 is 4.74 Å². The lowest BCUT2D eigenvalue weighted by atomic mass is 10.1. The minimum Gasteiger partial charge on any atom is -0.485 e. The fourth-order valence-electron chi connectivity index (χ4n) is 2.40. The number of hydrogen-bond acceptors (Lipinski definition) is 2. The van der Waals surface area contributed by atoms with Crippen molar-refractivity contribution in [1.82, 2.24) is 4.90 Å². The first kappa shape index (κ1) is 15.6. The van der Waals surface area contributed by atoms with Crippen molar-refractivity contribution >= 4 is 0 Å². The van der Waals surface area contributed by atoms with Gasteiger partial charge >= 0.3 is 0 Å². The molecule has 0 aliphatic carbocycles. The molecule has 0 aliphatic heterocycles. The number of benzene rings is 2. The highest BCUT2D eigenvalue weighted by molar-refractivity contribution is 5.34. The first-order valence-corrected chi connectivity index (χ1v) is 7.65. The third-order valence-corrected chi connectivity index (χ3v) is 3.63. The normalized spacial score (nSPS) is 12.4. The second kappa shape index (κ2) is 7.84. The van der Waals surface area contributed by atoms with Crippen molar-refractivity contribution < 1.29 is 4.74 Å². The van der Waals surface area contributed by atoms with Crippen LogP contribution in [0.3, 0.4) is 0 Å². The van der Waals surface area contributed by atoms with Crippen molar-refractivity contribution in [3.63, 3.8) is 0 Å². The van der Waals surface area contributed by atoms with Gasteiger partial charge in [0.25, 0.3) is 0 Å². The van der Waals surface area contributed by atoms with Crippen LogP contribution in [-0.2, 0) is 6.42 Å². The van der Waals surface area contributed by atoms with Crippen LogP contribution in [0.4, 0.5) is 0 Å². The molecule has 21 heavy (non-hydrogen) atoms. The van der Waals surface area contributed by atoms with Gasteiger partial charge in [0.2, 0.25) is 0 Å². The smallest absolute Gasteiger partial charge is 0.125 e. The summed E-state index contributed by atoms with van der Waals surface area (Å²) in [6.45, 7) is 3.17. The SMILES string of the molecule is CCc1ccccc1OC(CCN(C)C)c1ccccc1. The molecular weight excluding hydrogens is 258 g/mol. The summed E-state index contributed by atoms with van der Waals surface area (Å²) in [7, 11) is 4.20. The molecule has 2 nitrogen and oxygen atoms in total. The van der Waals surface area contributed by atoms with Crippen molar-refractivity contribution in [2.45, 2.75) is 25.9 Å². The standard InChI is InChI=1S/C19H25NO/c1-4-16-10-8-9-13-18(16)21-19(14-15-20(2)3)17-11-6-5-7-12-17/h5-13,19H,4,14-15H2,1-3H3. The maximum absolute atomic E-state index is 6.35. The number of ether oxygens (including phenoxy) is 1. The molecule has 0 saturated carbocycles. The van der Waals surface area contributed by atoms with Crippen molar-refractivity contribution in [2.24, 2.45) is 0 Å². The molecule has 2 rings (SSSR count). The van der Waals surface area contributed by atoms with Crippen molar-refractivity contribution in [3.05, 3.63) is 65.7 Å². The molecule has 0 aromatic heterocycles. The summed E-state index contributed by atoms with van der Waals surface area (Å²) in [5.74, 6) is 1.01. The van der Waals surface area contributed by atoms with Gasteiger partial charge in [0.05, 0.1) is 0 Å². The lowest BCUT2D eigenvalue weighted by molar-refractivity contribution is 0.178. The number of aryl methyl sites for hydroxylation is 1. The van der Waals surface area contributed by atoms with E-state index in [0.29, 0.717) is 0 Å². The summed E-state index contributed by atoms with van der Waals surface area (Å²) in [4.78, 5) is 2.20. The lowest BCUT2D eigenvalue weighted by Gasteiger charge is -2.23. The summed E-state index contributed by atoms with van der Waals surface area (Å²) in [6.07, 6.45) is 2.07. The van der Waals surface area contributed by atoms with Crippen molar-refractivity contribution in [2.75, 3.05) is 20.6 Å². The number of para-hydroxylation sites is 1. The molecule has 2 aromatic rings. The minimum absolute atomic E-state index is 0.0984. The molecular formula is C19H25NO. The molecule has 112 valence electrons. The lowest BCUT2D eigenvalue weighted by Crippen LogP contribution is -2.19. The van der Waals surface area contributed by atoms with Gasteiger partial charge in [-0.05, 0) is 37.7 Å². The zero-order chi connectivity index (χ0) is 15.1. The van der Waals surface area contributed by atoms with Gasteiger partial charge in [-0.15, -0.1) is 0 Å². The Hall–Kier alpha value is -1.80. The summed E-state index contributed by atoms with van der Waals surface area (Å²) in [5, 5.41) is 0. The first-order chi connectivity index (χ1) is 10.2. The average Bonchev–Trinajstić information content (AvgIpc) is 2.52. The highest BCUT2D eigenvalue weighted by atomic mass is 16.5. The maximum atomic E-state index is 6.35. The van der Waals surface area contributed by atoms with E-state index in [1.54, 1.807) is 0 Å². The molecule has 0 N–H and O–H groups in total. The molecule has 0 bridgehead atoms. The van der Waals surface area contributed by atoms with Gasteiger partial charge in [0, 0.05) is 13.0 Å². The highest BCUT2D eigenvalue weighted by Gasteiger charge is 2.15. The summed E-state index contributed by atoms with van der Waals surface area (Å²) in [5.41, 5.74) is 2.51. The Morgan fingerprint density at radius 1 is 0.952 bits per heavy atom. The van der Waals surface area contributed by atoms with Crippen LogP contribution in [-0.4, -0.2) is 25.5 Å². The van der Waals surface area contributed by atoms with Gasteiger partial charge in [0.15, 0.2) is 0 Å². The van der Waals surface area contributed by atoms with E-state index in [1.807, 2.05) is 12.1 Å². The quantitative estimate of drug-likeness (QED) is 0.750. The topological polar surface area (TPSA) is 12.5 Å². The minimum atomic E-state index is 0.0984. The Labute approximate surface area is 128 Å². The van der Waals surface area contributed by atoms with Crippen molar-refractivity contribution in [1.29, 1.82) is 0 Å². The molecule has 2 aromatic carbocycles. The molecule has 2 heteroatoms. The zero-order valence-corrected chi connectivity index (χ0v) is 13.3. The number of nitrogens with zero attached hydrogens (tertiary/aromatic N) is 1. The third-order valence-electron chi connectivity index (χ3n) is 3.63. The second-order valence-corrected chi connectivity index (χ2v) is 5.57. The summed E-state index contributed by atoms with van der Waals surface area (Å²) in [6, 6.07) is 18.8. The highest BCUT2D eigenvalue weighted by Crippen LogP contribution is 2.28. The Morgan fingerprint density at radius 2 is 1.62 bits per heavy atom. The van der Waals surface area contributed by atoms with Crippen LogP contribution in [0.25, 0.3) is 0 Å². The molecule has 0 heterocycles. The fraction of sp³-hybridized carbons (Fsp3) is 0.368. The van der Waals surface area contributed by atoms with Gasteiger partial charge in [-0.1, -0.05) is 55.5 Å². The van der Waals surface area contributed by atoms with E-state index in [9.17, 15) is 0 Å².